The van der Waals surface area contributed by atoms with Crippen molar-refractivity contribution >= 4 is 28.3 Å². The van der Waals surface area contributed by atoms with Crippen LogP contribution in [-0.2, 0) is 19.2 Å². The lowest BCUT2D eigenvalue weighted by Crippen LogP contribution is -2.24. The maximum absolute atomic E-state index is 12.6. The minimum atomic E-state index is -0.537. The van der Waals surface area contributed by atoms with Gasteiger partial charge in [-0.3, -0.25) is 9.63 Å². The normalized spacial score (nSPS) is 16.2. The number of hydroxylamine groups is 1. The van der Waals surface area contributed by atoms with Gasteiger partial charge in [-0.15, -0.1) is 0 Å². The Hall–Kier alpha value is -3.02. The van der Waals surface area contributed by atoms with Gasteiger partial charge in [0.2, 0.25) is 5.76 Å². The molecule has 0 aliphatic carbocycles. The van der Waals surface area contributed by atoms with Crippen molar-refractivity contribution in [2.24, 2.45) is 0 Å². The largest absolute Gasteiger partial charge is 0.497 e. The summed E-state index contributed by atoms with van der Waals surface area (Å²) in [5.41, 5.74) is 4.68. The predicted molar refractivity (Wildman–Crippen MR) is 105 cm³/mol. The maximum Gasteiger partial charge on any atom is 0.279 e. The molecule has 28 heavy (non-hydrogen) atoms. The number of aromatic amines is 1. The van der Waals surface area contributed by atoms with Crippen LogP contribution in [0.25, 0.3) is 16.5 Å². The molecule has 1 aromatic heterocycles. The van der Waals surface area contributed by atoms with Crippen LogP contribution in [0.2, 0.25) is 0 Å². The Morgan fingerprint density at radius 3 is 2.79 bits per heavy atom. The van der Waals surface area contributed by atoms with E-state index in [9.17, 15) is 9.59 Å². The number of aromatic nitrogens is 1. The van der Waals surface area contributed by atoms with Crippen LogP contribution in [0.1, 0.15) is 38.3 Å². The summed E-state index contributed by atoms with van der Waals surface area (Å²) in [7, 11) is 2.95. The van der Waals surface area contributed by atoms with Gasteiger partial charge in [0.1, 0.15) is 17.4 Å². The Morgan fingerprint density at radius 2 is 2.11 bits per heavy atom. The van der Waals surface area contributed by atoms with Crippen LogP contribution in [0.5, 0.6) is 5.75 Å². The second kappa shape index (κ2) is 8.78. The molecule has 0 saturated carbocycles. The molecule has 2 aromatic rings. The van der Waals surface area contributed by atoms with E-state index >= 15 is 0 Å². The van der Waals surface area contributed by atoms with Crippen molar-refractivity contribution in [1.82, 2.24) is 10.5 Å². The summed E-state index contributed by atoms with van der Waals surface area (Å²) >= 11 is 0. The number of hydrogen-bond donors (Lipinski definition) is 2. The molecule has 0 radical (unpaired) electrons. The highest BCUT2D eigenvalue weighted by molar-refractivity contribution is 6.08. The molecule has 0 fully saturated rings. The third-order valence-electron chi connectivity index (χ3n) is 4.78. The highest BCUT2D eigenvalue weighted by atomic mass is 16.6. The van der Waals surface area contributed by atoms with Crippen molar-refractivity contribution in [3.63, 3.8) is 0 Å². The number of ether oxygens (including phenoxy) is 2. The van der Waals surface area contributed by atoms with E-state index in [1.54, 1.807) is 13.1 Å². The van der Waals surface area contributed by atoms with Gasteiger partial charge < -0.3 is 14.5 Å². The van der Waals surface area contributed by atoms with E-state index in [1.807, 2.05) is 24.3 Å². The molecule has 0 spiro atoms. The highest BCUT2D eigenvalue weighted by Crippen LogP contribution is 2.39. The van der Waals surface area contributed by atoms with Crippen LogP contribution in [0.15, 0.2) is 35.6 Å². The highest BCUT2D eigenvalue weighted by Gasteiger charge is 2.37. The van der Waals surface area contributed by atoms with Crippen molar-refractivity contribution in [2.75, 3.05) is 14.2 Å². The van der Waals surface area contributed by atoms with Crippen LogP contribution in [0.4, 0.5) is 0 Å². The van der Waals surface area contributed by atoms with Gasteiger partial charge in [0.05, 0.1) is 14.2 Å². The molecule has 2 heterocycles. The molecule has 1 aliphatic rings. The number of benzene rings is 1. The summed E-state index contributed by atoms with van der Waals surface area (Å²) in [6.07, 6.45) is 3.30. The summed E-state index contributed by atoms with van der Waals surface area (Å²) < 4.78 is 11.1. The smallest absolute Gasteiger partial charge is 0.279 e. The third kappa shape index (κ3) is 3.81. The molecule has 148 valence electrons. The Morgan fingerprint density at radius 1 is 1.29 bits per heavy atom. The minimum Gasteiger partial charge on any atom is -0.497 e. The molecular formula is C21H24N2O5. The summed E-state index contributed by atoms with van der Waals surface area (Å²) in [5, 5.41) is 0.934. The number of carbonyl (C=O) groups excluding carboxylic acids is 2. The van der Waals surface area contributed by atoms with E-state index < -0.39 is 12.0 Å². The Balaban J connectivity index is 2.11. The van der Waals surface area contributed by atoms with Gasteiger partial charge in [0.25, 0.3) is 5.91 Å². The number of fused-ring (bicyclic) bond motifs is 1. The first-order valence-corrected chi connectivity index (χ1v) is 9.29. The predicted octanol–water partition coefficient (Wildman–Crippen LogP) is 3.30. The standard InChI is InChI=1S/C21H24N2O5/c1-4-5-6-7-17-19(20(18(12-24)28-17)21(25)23-27-3)16-11-13-10-14(26-2)8-9-15(13)22-16/h8-11,17,22H,4-7H2,1-3H3,(H,23,25). The number of rotatable bonds is 8. The summed E-state index contributed by atoms with van der Waals surface area (Å²) in [4.78, 5) is 32.1. The number of carbonyl (C=O) groups is 1. The second-order valence-corrected chi connectivity index (χ2v) is 6.59. The minimum absolute atomic E-state index is 0.0951. The molecule has 1 aliphatic heterocycles. The zero-order valence-electron chi connectivity index (χ0n) is 16.3. The van der Waals surface area contributed by atoms with Gasteiger partial charge >= 0.3 is 0 Å². The van der Waals surface area contributed by atoms with Crippen LogP contribution in [0.3, 0.4) is 0 Å². The van der Waals surface area contributed by atoms with Crippen molar-refractivity contribution in [3.05, 3.63) is 41.3 Å². The molecule has 7 heteroatoms. The number of nitrogens with one attached hydrogen (secondary N) is 2. The van der Waals surface area contributed by atoms with Gasteiger partial charge in [-0.25, -0.2) is 10.3 Å². The van der Waals surface area contributed by atoms with Gasteiger partial charge in [0, 0.05) is 22.2 Å². The van der Waals surface area contributed by atoms with E-state index in [4.69, 9.17) is 14.3 Å². The fourth-order valence-corrected chi connectivity index (χ4v) is 3.46. The van der Waals surface area contributed by atoms with Gasteiger partial charge in [-0.2, -0.15) is 0 Å². The van der Waals surface area contributed by atoms with E-state index in [0.29, 0.717) is 12.0 Å². The van der Waals surface area contributed by atoms with Crippen LogP contribution in [-0.4, -0.2) is 37.2 Å². The SMILES string of the molecule is CCCCCC1OC(=C=O)C(C(=O)NOC)=C1c1cc2cc(OC)ccc2[nH]1. The molecule has 1 aromatic carbocycles. The molecule has 1 amide bonds. The molecule has 1 atom stereocenters. The number of unbranched alkanes of at least 4 members (excludes halogenated alkanes) is 2. The summed E-state index contributed by atoms with van der Waals surface area (Å²) in [6.45, 7) is 2.12. The zero-order chi connectivity index (χ0) is 20.1. The molecule has 7 nitrogen and oxygen atoms in total. The first-order chi connectivity index (χ1) is 13.6. The number of hydrogen-bond acceptors (Lipinski definition) is 5. The lowest BCUT2D eigenvalue weighted by Gasteiger charge is -2.13. The van der Waals surface area contributed by atoms with Gasteiger partial charge in [-0.1, -0.05) is 19.8 Å². The van der Waals surface area contributed by atoms with Gasteiger partial charge in [0.15, 0.2) is 5.94 Å². The van der Waals surface area contributed by atoms with E-state index in [2.05, 4.69) is 17.4 Å². The topological polar surface area (TPSA) is 89.7 Å². The monoisotopic (exact) mass is 384 g/mol. The fourth-order valence-electron chi connectivity index (χ4n) is 3.46. The Kier molecular flexibility index (Phi) is 6.19. The quantitative estimate of drug-likeness (QED) is 0.414. The Labute approximate surface area is 163 Å². The van der Waals surface area contributed by atoms with Gasteiger partial charge in [-0.05, 0) is 37.1 Å². The molecule has 0 saturated heterocycles. The van der Waals surface area contributed by atoms with Crippen LogP contribution >= 0.6 is 0 Å². The third-order valence-corrected chi connectivity index (χ3v) is 4.78. The average molecular weight is 384 g/mol. The molecule has 3 rings (SSSR count). The first-order valence-electron chi connectivity index (χ1n) is 9.29. The Bertz CT molecular complexity index is 953. The van der Waals surface area contributed by atoms with Crippen molar-refractivity contribution in [1.29, 1.82) is 0 Å². The van der Waals surface area contributed by atoms with Crippen LogP contribution < -0.4 is 10.2 Å². The molecule has 0 bridgehead atoms. The molecule has 1 unspecified atom stereocenters. The fraction of sp³-hybridized carbons (Fsp3) is 0.381. The lowest BCUT2D eigenvalue weighted by atomic mass is 9.97. The number of methoxy groups -OCH3 is 1. The number of H-pyrrole nitrogens is 1. The van der Waals surface area contributed by atoms with Crippen LogP contribution in [0, 0.1) is 0 Å². The maximum atomic E-state index is 12.6. The molecule has 2 N–H and O–H groups in total. The van der Waals surface area contributed by atoms with Crippen molar-refractivity contribution in [3.8, 4) is 5.75 Å². The first kappa shape index (κ1) is 19.7. The average Bonchev–Trinajstić information content (AvgIpc) is 3.28. The van der Waals surface area contributed by atoms with Crippen molar-refractivity contribution in [2.45, 2.75) is 38.7 Å². The second-order valence-electron chi connectivity index (χ2n) is 6.59. The zero-order valence-corrected chi connectivity index (χ0v) is 16.3. The van der Waals surface area contributed by atoms with E-state index in [0.717, 1.165) is 41.6 Å². The number of amides is 1. The molecular weight excluding hydrogens is 360 g/mol. The van der Waals surface area contributed by atoms with E-state index in [-0.39, 0.29) is 11.3 Å². The van der Waals surface area contributed by atoms with Crippen molar-refractivity contribution < 1.29 is 23.9 Å². The summed E-state index contributed by atoms with van der Waals surface area (Å²) in [6, 6.07) is 7.60. The lowest BCUT2D eigenvalue weighted by molar-refractivity contribution is -0.127. The summed E-state index contributed by atoms with van der Waals surface area (Å²) in [5.74, 6) is 1.87. The van der Waals surface area contributed by atoms with E-state index in [1.165, 1.54) is 7.11 Å².